The van der Waals surface area contributed by atoms with E-state index < -0.39 is 0 Å². The monoisotopic (exact) mass is 366 g/mol. The predicted molar refractivity (Wildman–Crippen MR) is 101 cm³/mol. The van der Waals surface area contributed by atoms with Crippen molar-refractivity contribution in [2.24, 2.45) is 5.84 Å². The number of anilines is 2. The van der Waals surface area contributed by atoms with Crippen LogP contribution in [0, 0.1) is 0 Å². The van der Waals surface area contributed by atoms with E-state index in [1.807, 2.05) is 6.07 Å². The highest BCUT2D eigenvalue weighted by molar-refractivity contribution is 5.37. The number of hydrazine groups is 1. The minimum Gasteiger partial charge on any atom is -0.350 e. The van der Waals surface area contributed by atoms with Gasteiger partial charge in [-0.25, -0.2) is 10.8 Å². The second-order valence-corrected chi connectivity index (χ2v) is 6.47. The molecule has 1 unspecified atom stereocenters. The lowest BCUT2D eigenvalue weighted by molar-refractivity contribution is 0.208. The molecule has 1 aliphatic rings. The molecule has 2 aromatic heterocycles. The number of nitrogens with zero attached hydrogens (tertiary/aromatic N) is 7. The largest absolute Gasteiger partial charge is 0.350 e. The Bertz CT molecular complexity index is 851. The van der Waals surface area contributed by atoms with Gasteiger partial charge < -0.3 is 5.32 Å². The Balaban J connectivity index is 1.46. The van der Waals surface area contributed by atoms with Gasteiger partial charge in [0, 0.05) is 19.1 Å². The normalized spacial score (nSPS) is 17.6. The Morgan fingerprint density at radius 2 is 1.96 bits per heavy atom. The van der Waals surface area contributed by atoms with Gasteiger partial charge in [-0.3, -0.25) is 10.3 Å². The highest BCUT2D eigenvalue weighted by Crippen LogP contribution is 2.17. The van der Waals surface area contributed by atoms with Crippen LogP contribution in [0.1, 0.15) is 18.4 Å². The first-order chi connectivity index (χ1) is 13.3. The van der Waals surface area contributed by atoms with Crippen LogP contribution in [0.25, 0.3) is 5.95 Å². The molecule has 1 fully saturated rings. The van der Waals surface area contributed by atoms with Gasteiger partial charge in [0.05, 0.1) is 0 Å². The molecule has 0 radical (unpaired) electrons. The molecule has 1 saturated heterocycles. The Hall–Kier alpha value is -3.11. The van der Waals surface area contributed by atoms with Crippen LogP contribution in [0.2, 0.25) is 0 Å². The van der Waals surface area contributed by atoms with E-state index in [-0.39, 0.29) is 12.0 Å². The van der Waals surface area contributed by atoms with Gasteiger partial charge in [-0.15, -0.1) is 0 Å². The van der Waals surface area contributed by atoms with Gasteiger partial charge in [0.15, 0.2) is 0 Å². The first-order valence-corrected chi connectivity index (χ1v) is 8.90. The Morgan fingerprint density at radius 3 is 2.74 bits per heavy atom. The van der Waals surface area contributed by atoms with Crippen molar-refractivity contribution in [3.8, 4) is 5.95 Å². The molecule has 1 aliphatic heterocycles. The summed E-state index contributed by atoms with van der Waals surface area (Å²) >= 11 is 0. The van der Waals surface area contributed by atoms with Gasteiger partial charge in [-0.05, 0) is 24.9 Å². The van der Waals surface area contributed by atoms with Crippen molar-refractivity contribution in [3.63, 3.8) is 0 Å². The van der Waals surface area contributed by atoms with E-state index in [1.54, 1.807) is 0 Å². The number of piperidine rings is 1. The van der Waals surface area contributed by atoms with Crippen molar-refractivity contribution in [2.75, 3.05) is 23.8 Å². The molecular formula is C17H22N10. The molecule has 27 heavy (non-hydrogen) atoms. The van der Waals surface area contributed by atoms with Gasteiger partial charge in [-0.1, -0.05) is 30.3 Å². The number of hydrogen-bond donors (Lipinski definition) is 3. The molecule has 0 saturated carbocycles. The molecule has 3 aromatic rings. The summed E-state index contributed by atoms with van der Waals surface area (Å²) in [6, 6.07) is 10.8. The van der Waals surface area contributed by atoms with E-state index in [0.717, 1.165) is 32.5 Å². The first kappa shape index (κ1) is 17.3. The third kappa shape index (κ3) is 4.36. The van der Waals surface area contributed by atoms with Crippen LogP contribution in [-0.2, 0) is 6.54 Å². The Kier molecular flexibility index (Phi) is 5.17. The summed E-state index contributed by atoms with van der Waals surface area (Å²) in [4.78, 5) is 19.3. The Labute approximate surface area is 156 Å². The maximum atomic E-state index is 5.50. The number of hydrogen-bond acceptors (Lipinski definition) is 9. The van der Waals surface area contributed by atoms with E-state index in [9.17, 15) is 0 Å². The fourth-order valence-electron chi connectivity index (χ4n) is 3.25. The second kappa shape index (κ2) is 8.06. The molecule has 140 valence electrons. The van der Waals surface area contributed by atoms with Crippen molar-refractivity contribution in [1.29, 1.82) is 0 Å². The van der Waals surface area contributed by atoms with Crippen molar-refractivity contribution >= 4 is 11.9 Å². The van der Waals surface area contributed by atoms with E-state index in [1.165, 1.54) is 22.9 Å². The van der Waals surface area contributed by atoms with Crippen molar-refractivity contribution in [2.45, 2.75) is 25.4 Å². The van der Waals surface area contributed by atoms with E-state index in [4.69, 9.17) is 5.84 Å². The highest BCUT2D eigenvalue weighted by atomic mass is 15.4. The maximum absolute atomic E-state index is 5.50. The quantitative estimate of drug-likeness (QED) is 0.429. The molecule has 0 bridgehead atoms. The van der Waals surface area contributed by atoms with Gasteiger partial charge in [-0.2, -0.15) is 24.7 Å². The number of benzene rings is 1. The standard InChI is InChI=1S/C17H22N10/c18-25-16-22-15(23-17(24-16)27-12-19-11-20-27)21-14-7-4-8-26(10-14)9-13-5-2-1-3-6-13/h1-3,5-6,11-12,14H,4,7-10,18H2,(H2,21,22,23,24,25). The lowest BCUT2D eigenvalue weighted by atomic mass is 10.0. The van der Waals surface area contributed by atoms with Gasteiger partial charge in [0.2, 0.25) is 11.9 Å². The van der Waals surface area contributed by atoms with Crippen LogP contribution < -0.4 is 16.6 Å². The smallest absolute Gasteiger partial charge is 0.258 e. The molecule has 10 heteroatoms. The zero-order chi connectivity index (χ0) is 18.5. The summed E-state index contributed by atoms with van der Waals surface area (Å²) in [6.45, 7) is 2.95. The third-order valence-electron chi connectivity index (χ3n) is 4.46. The number of rotatable bonds is 6. The third-order valence-corrected chi connectivity index (χ3v) is 4.46. The number of nitrogen functional groups attached to an aromatic ring is 1. The summed E-state index contributed by atoms with van der Waals surface area (Å²) < 4.78 is 1.47. The number of likely N-dealkylation sites (tertiary alicyclic amines) is 1. The summed E-state index contributed by atoms with van der Waals surface area (Å²) in [7, 11) is 0. The molecule has 0 spiro atoms. The minimum atomic E-state index is 0.249. The fraction of sp³-hybridized carbons (Fsp3) is 0.353. The van der Waals surface area contributed by atoms with Gasteiger partial charge >= 0.3 is 0 Å². The molecule has 0 amide bonds. The van der Waals surface area contributed by atoms with E-state index >= 15 is 0 Å². The molecule has 4 rings (SSSR count). The molecule has 4 N–H and O–H groups in total. The van der Waals surface area contributed by atoms with Crippen LogP contribution in [0.3, 0.4) is 0 Å². The minimum absolute atomic E-state index is 0.249. The molecule has 1 aromatic carbocycles. The van der Waals surface area contributed by atoms with Gasteiger partial charge in [0.25, 0.3) is 5.95 Å². The van der Waals surface area contributed by atoms with Crippen LogP contribution in [0.5, 0.6) is 0 Å². The molecular weight excluding hydrogens is 344 g/mol. The van der Waals surface area contributed by atoms with E-state index in [0.29, 0.717) is 11.9 Å². The number of aromatic nitrogens is 6. The highest BCUT2D eigenvalue weighted by Gasteiger charge is 2.21. The molecule has 0 aliphatic carbocycles. The van der Waals surface area contributed by atoms with E-state index in [2.05, 4.69) is 64.9 Å². The zero-order valence-corrected chi connectivity index (χ0v) is 14.9. The second-order valence-electron chi connectivity index (χ2n) is 6.47. The Morgan fingerprint density at radius 1 is 1.11 bits per heavy atom. The zero-order valence-electron chi connectivity index (χ0n) is 14.9. The maximum Gasteiger partial charge on any atom is 0.258 e. The lowest BCUT2D eigenvalue weighted by Crippen LogP contribution is -2.42. The number of nitrogens with one attached hydrogen (secondary N) is 2. The van der Waals surface area contributed by atoms with Crippen LogP contribution >= 0.6 is 0 Å². The first-order valence-electron chi connectivity index (χ1n) is 8.90. The average Bonchev–Trinajstić information content (AvgIpc) is 3.24. The summed E-state index contributed by atoms with van der Waals surface area (Å²) in [6.07, 6.45) is 5.13. The average molecular weight is 366 g/mol. The van der Waals surface area contributed by atoms with Crippen molar-refractivity contribution in [3.05, 3.63) is 48.5 Å². The molecule has 3 heterocycles. The SMILES string of the molecule is NNc1nc(NC2CCCN(Cc3ccccc3)C2)nc(-n2cncn2)n1. The summed E-state index contributed by atoms with van der Waals surface area (Å²) in [5.74, 6) is 6.60. The van der Waals surface area contributed by atoms with Crippen molar-refractivity contribution < 1.29 is 0 Å². The van der Waals surface area contributed by atoms with Crippen LogP contribution in [-0.4, -0.2) is 53.7 Å². The van der Waals surface area contributed by atoms with Crippen LogP contribution in [0.4, 0.5) is 11.9 Å². The molecule has 1 atom stereocenters. The molecule has 10 nitrogen and oxygen atoms in total. The van der Waals surface area contributed by atoms with Crippen molar-refractivity contribution in [1.82, 2.24) is 34.6 Å². The number of nitrogens with two attached hydrogens (primary N) is 1. The fourth-order valence-corrected chi connectivity index (χ4v) is 3.25. The predicted octanol–water partition coefficient (Wildman–Crippen LogP) is 0.814. The van der Waals surface area contributed by atoms with Gasteiger partial charge in [0.1, 0.15) is 12.7 Å². The topological polar surface area (TPSA) is 123 Å². The lowest BCUT2D eigenvalue weighted by Gasteiger charge is -2.33. The van der Waals surface area contributed by atoms with Crippen LogP contribution in [0.15, 0.2) is 43.0 Å². The summed E-state index contributed by atoms with van der Waals surface area (Å²) in [5, 5.41) is 7.47. The summed E-state index contributed by atoms with van der Waals surface area (Å²) in [5.41, 5.74) is 3.79.